The summed E-state index contributed by atoms with van der Waals surface area (Å²) in [6.45, 7) is 22.9. The number of nitrogens with zero attached hydrogens (tertiary/aromatic N) is 2. The Morgan fingerprint density at radius 1 is 0.377 bits per heavy atom. The van der Waals surface area contributed by atoms with E-state index in [1.54, 1.807) is 93.5 Å². The fraction of sp³-hybridized carbons (Fsp3) is 0.774. The molecule has 0 bridgehead atoms. The van der Waals surface area contributed by atoms with Crippen LogP contribution in [-0.4, -0.2) is 262 Å². The third kappa shape index (κ3) is 32.7. The fourth-order valence-corrected chi connectivity index (χ4v) is 22.7. The molecule has 2 spiro atoms. The van der Waals surface area contributed by atoms with Crippen LogP contribution in [0.25, 0.3) is 0 Å². The number of carbonyl (C=O) groups is 19. The van der Waals surface area contributed by atoms with Crippen molar-refractivity contribution in [3.63, 3.8) is 0 Å². The van der Waals surface area contributed by atoms with Gasteiger partial charge in [0.1, 0.15) is 83.6 Å². The van der Waals surface area contributed by atoms with Crippen molar-refractivity contribution >= 4 is 159 Å². The molecule has 0 aromatic carbocycles. The van der Waals surface area contributed by atoms with Crippen LogP contribution in [0.2, 0.25) is 0 Å². The van der Waals surface area contributed by atoms with Crippen molar-refractivity contribution in [1.29, 1.82) is 0 Å². The Morgan fingerprint density at radius 2 is 0.713 bits per heavy atom. The number of likely N-dealkylation sites (N-methyl/N-ethyl adjacent to an activating group) is 2. The normalized spacial score (nSPS) is 20.1. The first-order valence-electron chi connectivity index (χ1n) is 43.5. The molecule has 34 nitrogen and oxygen atoms in total. The molecule has 2 saturated carbocycles. The van der Waals surface area contributed by atoms with Crippen molar-refractivity contribution in [3.05, 3.63) is 0 Å². The van der Waals surface area contributed by atoms with E-state index in [9.17, 15) is 96.2 Å². The summed E-state index contributed by atoms with van der Waals surface area (Å²) < 4.78 is -0.919. The van der Waals surface area contributed by atoms with E-state index in [-0.39, 0.29) is 112 Å². The number of hydrogen-bond acceptors (Lipinski definition) is 24. The van der Waals surface area contributed by atoms with Crippen LogP contribution in [0.5, 0.6) is 0 Å². The molecule has 4 aliphatic heterocycles. The average Bonchev–Trinajstić information content (AvgIpc) is 1.61. The zero-order valence-electron chi connectivity index (χ0n) is 73.7. The van der Waals surface area contributed by atoms with Crippen LogP contribution in [0.1, 0.15) is 251 Å². The lowest BCUT2D eigenvalue weighted by atomic mass is 9.83. The van der Waals surface area contributed by atoms with E-state index in [1.165, 1.54) is 46.4 Å². The zero-order chi connectivity index (χ0) is 90.9. The van der Waals surface area contributed by atoms with E-state index in [2.05, 4.69) is 63.8 Å². The summed E-state index contributed by atoms with van der Waals surface area (Å²) in [6.07, 6.45) is 8.34. The van der Waals surface area contributed by atoms with Crippen LogP contribution in [-0.2, 0) is 91.1 Å². The molecule has 11 unspecified atom stereocenters. The maximum absolute atomic E-state index is 15.0. The number of Topliss-reactive ketones (excluding diaryl/α,β-unsaturated/α-hetero) is 5. The van der Waals surface area contributed by atoms with E-state index in [0.717, 1.165) is 61.5 Å². The topological polar surface area (TPSA) is 495 Å². The van der Waals surface area contributed by atoms with Gasteiger partial charge >= 0.3 is 0 Å². The van der Waals surface area contributed by atoms with Crippen molar-refractivity contribution < 1.29 is 96.2 Å². The van der Waals surface area contributed by atoms with Crippen molar-refractivity contribution in [1.82, 2.24) is 73.6 Å². The summed E-state index contributed by atoms with van der Waals surface area (Å²) in [5, 5.41) is 43.4. The molecule has 4 heterocycles. The first-order chi connectivity index (χ1) is 57.6. The molecule has 14 amide bonds. The third-order valence-electron chi connectivity index (χ3n) is 22.7. The van der Waals surface area contributed by atoms with E-state index in [1.807, 2.05) is 13.8 Å². The molecule has 0 aromatic heterocycles. The van der Waals surface area contributed by atoms with Gasteiger partial charge in [0.05, 0.1) is 20.2 Å². The lowest BCUT2D eigenvalue weighted by molar-refractivity contribution is -0.145. The summed E-state index contributed by atoms with van der Waals surface area (Å²) in [7, 11) is 0. The highest BCUT2D eigenvalue weighted by atomic mass is 32.2. The number of thioether (sulfide) groups is 4. The standard InChI is InChI=1S/C42H69N7O10S2.C42H67N7O10S2/c2*1-8-13-29(35(53)40(58)43-9-2)45-38(56)32-22-42(60-20-21-61-42)23-49(32)41(59)34(28-14-11-10-12-15-28)48-39(57)33(24(3)4)47-37(55)31(19-17-26(6)51)46-36(54)30(44-27(7)52)18-16-25(5)50/h24,28-35,53H,8-23H2,1-7H3,(H,43,58)(H,44,52)(H,45,56)(H,46,54)(H,47,55)(H,48,57);24,28-34H,8-23H2,1-7H3,(H,43,58)(H,44,52)(H,45,56)(H,46,54)(H,47,55)(H,48,57)/t29?,30?,31?,32-,33?,34?,35?;29?,30?,31?,32-,33?,34?/m00/s1. The second kappa shape index (κ2) is 51.7. The molecule has 122 heavy (non-hydrogen) atoms. The Balaban J connectivity index is 0.000000434. The van der Waals surface area contributed by atoms with Gasteiger partial charge < -0.3 is 97.9 Å². The van der Waals surface area contributed by atoms with Gasteiger partial charge in [0.25, 0.3) is 11.8 Å². The quantitative estimate of drug-likeness (QED) is 0.0389. The van der Waals surface area contributed by atoms with Gasteiger partial charge in [0, 0.05) is 102 Å². The highest BCUT2D eigenvalue weighted by molar-refractivity contribution is 8.21. The van der Waals surface area contributed by atoms with Gasteiger partial charge in [-0.3, -0.25) is 71.9 Å². The van der Waals surface area contributed by atoms with Crippen LogP contribution in [0.3, 0.4) is 0 Å². The Morgan fingerprint density at radius 3 is 1.03 bits per heavy atom. The summed E-state index contributed by atoms with van der Waals surface area (Å²) in [4.78, 5) is 254. The molecule has 13 atom stereocenters. The molecular weight excluding hydrogens is 1650 g/mol. The van der Waals surface area contributed by atoms with Crippen LogP contribution < -0.4 is 63.8 Å². The molecule has 6 rings (SSSR count). The summed E-state index contributed by atoms with van der Waals surface area (Å²) in [5.41, 5.74) is 0. The summed E-state index contributed by atoms with van der Waals surface area (Å²) in [5.74, 6) is -8.38. The van der Waals surface area contributed by atoms with Gasteiger partial charge in [-0.15, -0.1) is 47.0 Å². The maximum atomic E-state index is 15.0. The minimum Gasteiger partial charge on any atom is -0.381 e. The zero-order valence-corrected chi connectivity index (χ0v) is 76.9. The second-order valence-corrected chi connectivity index (χ2v) is 40.2. The minimum absolute atomic E-state index is 0.000922. The molecule has 13 N–H and O–H groups in total. The van der Waals surface area contributed by atoms with Gasteiger partial charge in [-0.25, -0.2) is 0 Å². The minimum atomic E-state index is -1.49. The van der Waals surface area contributed by atoms with Gasteiger partial charge in [0.2, 0.25) is 76.7 Å². The predicted octanol–water partition coefficient (Wildman–Crippen LogP) is 3.17. The molecule has 38 heteroatoms. The molecule has 686 valence electrons. The molecule has 6 fully saturated rings. The Labute approximate surface area is 734 Å². The first kappa shape index (κ1) is 105. The Kier molecular flexibility index (Phi) is 44.4. The lowest BCUT2D eigenvalue weighted by Gasteiger charge is -2.36. The van der Waals surface area contributed by atoms with E-state index >= 15 is 0 Å². The number of aliphatic hydroxyl groups excluding tert-OH is 1. The number of rotatable bonds is 46. The van der Waals surface area contributed by atoms with Crippen LogP contribution in [0.15, 0.2) is 0 Å². The van der Waals surface area contributed by atoms with E-state index < -0.39 is 187 Å². The van der Waals surface area contributed by atoms with Gasteiger partial charge in [-0.05, 0) is 129 Å². The van der Waals surface area contributed by atoms with Crippen LogP contribution in [0.4, 0.5) is 0 Å². The van der Waals surface area contributed by atoms with E-state index in [0.29, 0.717) is 64.3 Å². The smallest absolute Gasteiger partial charge is 0.289 e. The van der Waals surface area contributed by atoms with Crippen molar-refractivity contribution in [2.45, 2.75) is 338 Å². The molecule has 2 aliphatic carbocycles. The Bertz CT molecular complexity index is 3680. The number of hydrogen-bond donors (Lipinski definition) is 13. The largest absolute Gasteiger partial charge is 0.381 e. The lowest BCUT2D eigenvalue weighted by Crippen LogP contribution is -2.62. The molecular formula is C84H136N14O20S4. The monoisotopic (exact) mass is 1790 g/mol. The summed E-state index contributed by atoms with van der Waals surface area (Å²) in [6, 6.07) is -13.1. The number of aliphatic hydroxyl groups is 1. The van der Waals surface area contributed by atoms with Crippen molar-refractivity contribution in [2.24, 2.45) is 23.7 Å². The maximum Gasteiger partial charge on any atom is 0.289 e. The predicted molar refractivity (Wildman–Crippen MR) is 467 cm³/mol. The fourth-order valence-electron chi connectivity index (χ4n) is 16.2. The first-order valence-corrected chi connectivity index (χ1v) is 47.5. The van der Waals surface area contributed by atoms with E-state index in [4.69, 9.17) is 0 Å². The third-order valence-corrected chi connectivity index (χ3v) is 29.6. The number of likely N-dealkylation sites (tertiary alicyclic amines) is 2. The highest BCUT2D eigenvalue weighted by Gasteiger charge is 2.56. The molecule has 4 saturated heterocycles. The van der Waals surface area contributed by atoms with Crippen molar-refractivity contribution in [2.75, 3.05) is 49.2 Å². The number of nitrogens with one attached hydrogen (secondary N) is 12. The number of carbonyl (C=O) groups excluding carboxylic acids is 19. The SMILES string of the molecule is CCCC(NC(=O)[C@@H]1CC2(CN1C(=O)C(NC(=O)C(NC(=O)C(CCC(C)=O)NC(=O)C(CCC(C)=O)NC(C)=O)C(C)C)C1CCCCC1)SCCS2)C(=O)C(=O)NCC.CCCC(NC(=O)[C@@H]1CC2(CN1C(=O)C(NC(=O)C(NC(=O)C(CCC(C)=O)NC(=O)C(CCC(C)=O)NC(C)=O)C(C)C)C1CCCCC1)SCCS2)C(O)C(=O)NCC. The summed E-state index contributed by atoms with van der Waals surface area (Å²) >= 11 is 6.74. The molecule has 6 aliphatic rings. The highest BCUT2D eigenvalue weighted by Crippen LogP contribution is 2.53. The molecule has 0 radical (unpaired) electrons. The second-order valence-electron chi connectivity index (χ2n) is 33.7. The van der Waals surface area contributed by atoms with Gasteiger partial charge in [-0.2, -0.15) is 0 Å². The number of ketones is 5. The average molecular weight is 1790 g/mol. The van der Waals surface area contributed by atoms with Gasteiger partial charge in [0.15, 0.2) is 6.10 Å². The number of amides is 14. The van der Waals surface area contributed by atoms with Gasteiger partial charge in [-0.1, -0.05) is 92.9 Å². The van der Waals surface area contributed by atoms with Crippen LogP contribution >= 0.6 is 47.0 Å². The van der Waals surface area contributed by atoms with Crippen molar-refractivity contribution in [3.8, 4) is 0 Å². The van der Waals surface area contributed by atoms with Crippen LogP contribution in [0, 0.1) is 23.7 Å². The Hall–Kier alpha value is -7.71. The molecule has 0 aromatic rings.